The van der Waals surface area contributed by atoms with Gasteiger partial charge in [-0.25, -0.2) is 9.69 Å². The maximum atomic E-state index is 13.6. The number of amides is 2. The molecule has 2 aromatic rings. The first-order chi connectivity index (χ1) is 17.3. The molecular weight excluding hydrogens is 534 g/mol. The van der Waals surface area contributed by atoms with Crippen molar-refractivity contribution >= 4 is 33.9 Å². The average molecular weight is 566 g/mol. The molecule has 0 aliphatic carbocycles. The Morgan fingerprint density at radius 1 is 1.17 bits per heavy atom. The van der Waals surface area contributed by atoms with Gasteiger partial charge in [0.2, 0.25) is 0 Å². The Hall–Kier alpha value is -2.69. The molecule has 0 spiro atoms. The second kappa shape index (κ2) is 13.0. The highest BCUT2D eigenvalue weighted by Crippen LogP contribution is 2.36. The number of halogens is 1. The van der Waals surface area contributed by atoms with Gasteiger partial charge in [-0.1, -0.05) is 43.2 Å². The maximum Gasteiger partial charge on any atom is 0.417 e. The van der Waals surface area contributed by atoms with Crippen LogP contribution < -0.4 is 0 Å². The highest BCUT2D eigenvalue weighted by atomic mass is 79.9. The molecule has 9 nitrogen and oxygen atoms in total. The molecule has 1 aliphatic heterocycles. The number of hydrogen-bond donors (Lipinski definition) is 1. The van der Waals surface area contributed by atoms with Crippen LogP contribution >= 0.6 is 15.9 Å². The fourth-order valence-corrected chi connectivity index (χ4v) is 4.78. The predicted molar refractivity (Wildman–Crippen MR) is 133 cm³/mol. The number of furan rings is 1. The number of ether oxygens (including phenoxy) is 3. The molecule has 0 radical (unpaired) electrons. The normalized spacial score (nSPS) is 19.1. The topological polar surface area (TPSA) is 116 Å². The summed E-state index contributed by atoms with van der Waals surface area (Å²) in [7, 11) is 1.31. The van der Waals surface area contributed by atoms with Crippen LogP contribution in [-0.2, 0) is 30.2 Å². The molecule has 3 rings (SSSR count). The second-order valence-corrected chi connectivity index (χ2v) is 9.51. The fraction of sp³-hybridized carbons (Fsp3) is 0.500. The molecule has 4 unspecified atom stereocenters. The first-order valence-electron chi connectivity index (χ1n) is 12.0. The Balaban J connectivity index is 1.82. The molecule has 1 aromatic heterocycles. The zero-order valence-corrected chi connectivity index (χ0v) is 22.2. The number of benzene rings is 1. The standard InChI is InChI=1S/C26H32BrNO8/c1-16-22(18-11-7-6-8-12-18)36-26(32)28(16)25(31)24(33-3)23(34-17(2)30)21-15-19(27)20(35-21)13-9-4-5-10-14-29/h6-8,11-12,15-16,22-24,29H,4-5,9-10,13-14H2,1-3H3. The van der Waals surface area contributed by atoms with Gasteiger partial charge >= 0.3 is 12.1 Å². The summed E-state index contributed by atoms with van der Waals surface area (Å²) < 4.78 is 23.1. The van der Waals surface area contributed by atoms with Gasteiger partial charge < -0.3 is 23.7 Å². The molecule has 1 N–H and O–H groups in total. The van der Waals surface area contributed by atoms with Crippen molar-refractivity contribution < 1.29 is 38.1 Å². The molecule has 0 saturated carbocycles. The third kappa shape index (κ3) is 6.54. The first-order valence-corrected chi connectivity index (χ1v) is 12.7. The first kappa shape index (κ1) is 27.9. The van der Waals surface area contributed by atoms with Crippen LogP contribution in [0.3, 0.4) is 0 Å². The van der Waals surface area contributed by atoms with Crippen molar-refractivity contribution in [3.8, 4) is 0 Å². The number of aliphatic hydroxyl groups is 1. The van der Waals surface area contributed by atoms with E-state index in [0.717, 1.165) is 36.1 Å². The summed E-state index contributed by atoms with van der Waals surface area (Å²) in [6, 6.07) is 10.2. The number of carbonyl (C=O) groups excluding carboxylic acids is 3. The number of aliphatic hydroxyl groups excluding tert-OH is 1. The summed E-state index contributed by atoms with van der Waals surface area (Å²) in [6.45, 7) is 3.11. The summed E-state index contributed by atoms with van der Waals surface area (Å²) in [6.07, 6.45) is 0.0618. The summed E-state index contributed by atoms with van der Waals surface area (Å²) in [5, 5.41) is 8.93. The lowest BCUT2D eigenvalue weighted by Gasteiger charge is -2.27. The van der Waals surface area contributed by atoms with Crippen molar-refractivity contribution in [2.24, 2.45) is 0 Å². The van der Waals surface area contributed by atoms with Gasteiger partial charge in [0, 0.05) is 27.1 Å². The minimum atomic E-state index is -1.34. The molecule has 36 heavy (non-hydrogen) atoms. The van der Waals surface area contributed by atoms with E-state index in [0.29, 0.717) is 16.7 Å². The molecular formula is C26H32BrNO8. The Morgan fingerprint density at radius 3 is 2.50 bits per heavy atom. The number of rotatable bonds is 12. The number of imide groups is 1. The zero-order chi connectivity index (χ0) is 26.2. The van der Waals surface area contributed by atoms with Crippen LogP contribution in [0.2, 0.25) is 0 Å². The second-order valence-electron chi connectivity index (χ2n) is 8.66. The Labute approximate surface area is 218 Å². The van der Waals surface area contributed by atoms with Gasteiger partial charge in [0.25, 0.3) is 5.91 Å². The van der Waals surface area contributed by atoms with Crippen LogP contribution in [0.5, 0.6) is 0 Å². The van der Waals surface area contributed by atoms with Gasteiger partial charge in [-0.15, -0.1) is 0 Å². The summed E-state index contributed by atoms with van der Waals surface area (Å²) in [4.78, 5) is 39.3. The Morgan fingerprint density at radius 2 is 1.86 bits per heavy atom. The number of hydrogen-bond acceptors (Lipinski definition) is 8. The molecule has 196 valence electrons. The summed E-state index contributed by atoms with van der Waals surface area (Å²) in [5.41, 5.74) is 0.762. The van der Waals surface area contributed by atoms with E-state index in [4.69, 9.17) is 23.7 Å². The maximum absolute atomic E-state index is 13.6. The van der Waals surface area contributed by atoms with E-state index < -0.39 is 42.3 Å². The molecule has 1 saturated heterocycles. The molecule has 1 aliphatic rings. The molecule has 0 bridgehead atoms. The molecule has 2 heterocycles. The van der Waals surface area contributed by atoms with Gasteiger partial charge in [-0.05, 0) is 47.3 Å². The van der Waals surface area contributed by atoms with E-state index in [1.165, 1.54) is 14.0 Å². The van der Waals surface area contributed by atoms with Gasteiger partial charge in [-0.3, -0.25) is 9.59 Å². The number of nitrogens with zero attached hydrogens (tertiary/aromatic N) is 1. The van der Waals surface area contributed by atoms with E-state index >= 15 is 0 Å². The van der Waals surface area contributed by atoms with Crippen LogP contribution in [-0.4, -0.2) is 53.8 Å². The smallest absolute Gasteiger partial charge is 0.417 e. The number of aryl methyl sites for hydroxylation is 1. The molecule has 1 aromatic carbocycles. The molecule has 10 heteroatoms. The number of methoxy groups -OCH3 is 1. The van der Waals surface area contributed by atoms with E-state index in [-0.39, 0.29) is 12.4 Å². The molecule has 2 amide bonds. The quantitative estimate of drug-likeness (QED) is 0.286. The summed E-state index contributed by atoms with van der Waals surface area (Å²) >= 11 is 3.48. The van der Waals surface area contributed by atoms with Crippen molar-refractivity contribution in [2.45, 2.75) is 70.3 Å². The van der Waals surface area contributed by atoms with Crippen LogP contribution in [0.25, 0.3) is 0 Å². The van der Waals surface area contributed by atoms with Gasteiger partial charge in [0.05, 0.1) is 10.5 Å². The minimum Gasteiger partial charge on any atom is -0.461 e. The largest absolute Gasteiger partial charge is 0.461 e. The lowest BCUT2D eigenvalue weighted by molar-refractivity contribution is -0.164. The number of carbonyl (C=O) groups is 3. The highest BCUT2D eigenvalue weighted by molar-refractivity contribution is 9.10. The van der Waals surface area contributed by atoms with E-state index in [1.54, 1.807) is 13.0 Å². The fourth-order valence-electron chi connectivity index (χ4n) is 4.27. The molecule has 4 atom stereocenters. The monoisotopic (exact) mass is 565 g/mol. The Kier molecular flexibility index (Phi) is 10.1. The van der Waals surface area contributed by atoms with Crippen molar-refractivity contribution in [1.82, 2.24) is 4.90 Å². The predicted octanol–water partition coefficient (Wildman–Crippen LogP) is 4.87. The average Bonchev–Trinajstić information content (AvgIpc) is 3.37. The summed E-state index contributed by atoms with van der Waals surface area (Å²) in [5.74, 6) is -0.459. The lowest BCUT2D eigenvalue weighted by atomic mass is 10.0. The van der Waals surface area contributed by atoms with E-state index in [1.807, 2.05) is 30.3 Å². The number of unbranched alkanes of at least 4 members (excludes halogenated alkanes) is 3. The van der Waals surface area contributed by atoms with Crippen LogP contribution in [0, 0.1) is 0 Å². The molecule has 1 fully saturated rings. The van der Waals surface area contributed by atoms with Crippen molar-refractivity contribution in [3.63, 3.8) is 0 Å². The Bertz CT molecular complexity index is 1040. The van der Waals surface area contributed by atoms with Crippen LogP contribution in [0.4, 0.5) is 4.79 Å². The van der Waals surface area contributed by atoms with Gasteiger partial charge in [-0.2, -0.15) is 0 Å². The zero-order valence-electron chi connectivity index (χ0n) is 20.6. The van der Waals surface area contributed by atoms with Crippen molar-refractivity contribution in [2.75, 3.05) is 13.7 Å². The van der Waals surface area contributed by atoms with Crippen LogP contribution in [0.1, 0.15) is 68.8 Å². The number of esters is 1. The van der Waals surface area contributed by atoms with E-state index in [9.17, 15) is 14.4 Å². The van der Waals surface area contributed by atoms with Crippen molar-refractivity contribution in [1.29, 1.82) is 0 Å². The van der Waals surface area contributed by atoms with Crippen LogP contribution in [0.15, 0.2) is 45.3 Å². The van der Waals surface area contributed by atoms with Gasteiger partial charge in [0.15, 0.2) is 12.2 Å². The SMILES string of the molecule is COC(C(=O)N1C(=O)OC(c2ccccc2)C1C)C(OC(C)=O)c1cc(Br)c(CCCCCCO)o1. The van der Waals surface area contributed by atoms with Gasteiger partial charge in [0.1, 0.15) is 17.6 Å². The van der Waals surface area contributed by atoms with Crippen molar-refractivity contribution in [3.05, 3.63) is 58.0 Å². The third-order valence-electron chi connectivity index (χ3n) is 6.07. The van der Waals surface area contributed by atoms with E-state index in [2.05, 4.69) is 15.9 Å². The highest BCUT2D eigenvalue weighted by Gasteiger charge is 2.48. The lowest BCUT2D eigenvalue weighted by Crippen LogP contribution is -2.47. The number of cyclic esters (lactones) is 1. The minimum absolute atomic E-state index is 0.167. The third-order valence-corrected chi connectivity index (χ3v) is 6.74.